The summed E-state index contributed by atoms with van der Waals surface area (Å²) in [5.41, 5.74) is 4.66. The van der Waals surface area contributed by atoms with Gasteiger partial charge in [0.1, 0.15) is 5.69 Å². The molecule has 1 aromatic heterocycles. The second kappa shape index (κ2) is 9.20. The van der Waals surface area contributed by atoms with Crippen LogP contribution in [0.15, 0.2) is 47.4 Å². The molecule has 184 valence electrons. The van der Waals surface area contributed by atoms with Gasteiger partial charge in [0.2, 0.25) is 15.9 Å². The Kier molecular flexibility index (Phi) is 6.23. The predicted octanol–water partition coefficient (Wildman–Crippen LogP) is 4.16. The fourth-order valence-corrected chi connectivity index (χ4v) is 6.61. The Balaban J connectivity index is 1.22. The lowest BCUT2D eigenvalue weighted by Crippen LogP contribution is -2.41. The lowest BCUT2D eigenvalue weighted by Gasteiger charge is -2.30. The minimum atomic E-state index is -3.59. The standard InChI is InChI=1S/C26H29FN4O3S/c1-17-14-18(2)31(29-17)25-9-7-22(16-24(25)27)28-26(32)20-10-12-30(13-11-20)35(33,34)23-8-6-19-4-3-5-21(19)15-23/h6-9,14-16,20H,3-5,10-13H2,1-2H3,(H,28,32). The van der Waals surface area contributed by atoms with Crippen LogP contribution in [0.2, 0.25) is 0 Å². The van der Waals surface area contributed by atoms with Crippen molar-refractivity contribution in [2.24, 2.45) is 5.92 Å². The molecule has 9 heteroatoms. The molecule has 0 radical (unpaired) electrons. The summed E-state index contributed by atoms with van der Waals surface area (Å²) in [6.45, 7) is 4.26. The molecule has 0 unspecified atom stereocenters. The fourth-order valence-electron chi connectivity index (χ4n) is 5.09. The van der Waals surface area contributed by atoms with E-state index in [1.807, 2.05) is 26.0 Å². The van der Waals surface area contributed by atoms with E-state index >= 15 is 0 Å². The van der Waals surface area contributed by atoms with Gasteiger partial charge in [0.15, 0.2) is 5.82 Å². The van der Waals surface area contributed by atoms with Gasteiger partial charge in [-0.1, -0.05) is 6.07 Å². The first-order chi connectivity index (χ1) is 16.7. The van der Waals surface area contributed by atoms with Crippen molar-refractivity contribution in [1.82, 2.24) is 14.1 Å². The van der Waals surface area contributed by atoms with Crippen LogP contribution < -0.4 is 5.32 Å². The highest BCUT2D eigenvalue weighted by Gasteiger charge is 2.32. The Bertz CT molecular complexity index is 1390. The number of fused-ring (bicyclic) bond motifs is 1. The highest BCUT2D eigenvalue weighted by Crippen LogP contribution is 2.29. The molecule has 1 fully saturated rings. The van der Waals surface area contributed by atoms with Gasteiger partial charge in [-0.15, -0.1) is 0 Å². The highest BCUT2D eigenvalue weighted by molar-refractivity contribution is 7.89. The van der Waals surface area contributed by atoms with E-state index in [2.05, 4.69) is 10.4 Å². The highest BCUT2D eigenvalue weighted by atomic mass is 32.2. The number of nitrogens with zero attached hydrogens (tertiary/aromatic N) is 3. The molecule has 5 rings (SSSR count). The number of hydrogen-bond donors (Lipinski definition) is 1. The van der Waals surface area contributed by atoms with Gasteiger partial charge in [0.05, 0.1) is 10.6 Å². The fraction of sp³-hybridized carbons (Fsp3) is 0.385. The zero-order valence-electron chi connectivity index (χ0n) is 19.9. The molecule has 2 aromatic carbocycles. The van der Waals surface area contributed by atoms with Crippen molar-refractivity contribution < 1.29 is 17.6 Å². The van der Waals surface area contributed by atoms with Gasteiger partial charge in [-0.3, -0.25) is 4.79 Å². The van der Waals surface area contributed by atoms with Crippen molar-refractivity contribution in [2.75, 3.05) is 18.4 Å². The van der Waals surface area contributed by atoms with Gasteiger partial charge < -0.3 is 5.32 Å². The first-order valence-corrected chi connectivity index (χ1v) is 13.4. The van der Waals surface area contributed by atoms with Crippen molar-refractivity contribution in [3.8, 4) is 5.69 Å². The van der Waals surface area contributed by atoms with E-state index in [-0.39, 0.29) is 24.9 Å². The minimum Gasteiger partial charge on any atom is -0.326 e. The average Bonchev–Trinajstić information content (AvgIpc) is 3.44. The number of amides is 1. The van der Waals surface area contributed by atoms with Crippen molar-refractivity contribution in [3.05, 3.63) is 70.8 Å². The van der Waals surface area contributed by atoms with Crippen LogP contribution in [0.4, 0.5) is 10.1 Å². The van der Waals surface area contributed by atoms with Crippen LogP contribution in [0.5, 0.6) is 0 Å². The molecule has 0 atom stereocenters. The maximum absolute atomic E-state index is 14.8. The van der Waals surface area contributed by atoms with Crippen molar-refractivity contribution in [3.63, 3.8) is 0 Å². The molecule has 35 heavy (non-hydrogen) atoms. The van der Waals surface area contributed by atoms with E-state index < -0.39 is 15.8 Å². The van der Waals surface area contributed by atoms with E-state index in [0.717, 1.165) is 36.2 Å². The molecule has 1 amide bonds. The number of benzene rings is 2. The first-order valence-electron chi connectivity index (χ1n) is 12.0. The number of carbonyl (C=O) groups excluding carboxylic acids is 1. The van der Waals surface area contributed by atoms with Crippen LogP contribution in [0.1, 0.15) is 41.8 Å². The van der Waals surface area contributed by atoms with Gasteiger partial charge in [-0.05, 0) is 93.5 Å². The predicted molar refractivity (Wildman–Crippen MR) is 132 cm³/mol. The summed E-state index contributed by atoms with van der Waals surface area (Å²) in [7, 11) is -3.59. The Labute approximate surface area is 205 Å². The van der Waals surface area contributed by atoms with Crippen molar-refractivity contribution in [1.29, 1.82) is 0 Å². The SMILES string of the molecule is Cc1cc(C)n(-c2ccc(NC(=O)C3CCN(S(=O)(=O)c4ccc5c(c4)CCC5)CC3)cc2F)n1. The van der Waals surface area contributed by atoms with E-state index in [1.165, 1.54) is 20.6 Å². The van der Waals surface area contributed by atoms with Crippen LogP contribution in [-0.2, 0) is 27.7 Å². The largest absolute Gasteiger partial charge is 0.326 e. The molecule has 1 aliphatic carbocycles. The summed E-state index contributed by atoms with van der Waals surface area (Å²) >= 11 is 0. The third-order valence-electron chi connectivity index (χ3n) is 6.99. The second-order valence-electron chi connectivity index (χ2n) is 9.46. The summed E-state index contributed by atoms with van der Waals surface area (Å²) in [4.78, 5) is 13.2. The normalized spacial score (nSPS) is 16.9. The van der Waals surface area contributed by atoms with Crippen LogP contribution in [0.3, 0.4) is 0 Å². The lowest BCUT2D eigenvalue weighted by atomic mass is 9.97. The Morgan fingerprint density at radius 2 is 1.77 bits per heavy atom. The molecule has 3 aromatic rings. The lowest BCUT2D eigenvalue weighted by molar-refractivity contribution is -0.120. The number of sulfonamides is 1. The number of aromatic nitrogens is 2. The summed E-state index contributed by atoms with van der Waals surface area (Å²) in [5.74, 6) is -1.04. The van der Waals surface area contributed by atoms with Gasteiger partial charge in [0.25, 0.3) is 0 Å². The van der Waals surface area contributed by atoms with Crippen LogP contribution in [0.25, 0.3) is 5.69 Å². The molecular weight excluding hydrogens is 467 g/mol. The third kappa shape index (κ3) is 4.62. The first kappa shape index (κ1) is 23.7. The molecule has 7 nitrogen and oxygen atoms in total. The molecule has 2 heterocycles. The molecule has 1 N–H and O–H groups in total. The number of halogens is 1. The smallest absolute Gasteiger partial charge is 0.243 e. The zero-order chi connectivity index (χ0) is 24.7. The van der Waals surface area contributed by atoms with Gasteiger partial charge in [0, 0.05) is 30.4 Å². The second-order valence-corrected chi connectivity index (χ2v) is 11.4. The summed E-state index contributed by atoms with van der Waals surface area (Å²) in [5, 5.41) is 7.09. The third-order valence-corrected chi connectivity index (χ3v) is 8.88. The molecule has 0 bridgehead atoms. The Morgan fingerprint density at radius 3 is 2.46 bits per heavy atom. The number of piperidine rings is 1. The van der Waals surface area contributed by atoms with Crippen LogP contribution >= 0.6 is 0 Å². The maximum Gasteiger partial charge on any atom is 0.243 e. The quantitative estimate of drug-likeness (QED) is 0.575. The molecule has 0 saturated carbocycles. The minimum absolute atomic E-state index is 0.224. The van der Waals surface area contributed by atoms with E-state index in [0.29, 0.717) is 29.1 Å². The van der Waals surface area contributed by atoms with Crippen molar-refractivity contribution >= 4 is 21.6 Å². The van der Waals surface area contributed by atoms with Gasteiger partial charge in [-0.25, -0.2) is 17.5 Å². The molecule has 1 saturated heterocycles. The number of nitrogens with one attached hydrogen (secondary N) is 1. The zero-order valence-corrected chi connectivity index (χ0v) is 20.7. The Morgan fingerprint density at radius 1 is 1.03 bits per heavy atom. The molecule has 2 aliphatic rings. The summed E-state index contributed by atoms with van der Waals surface area (Å²) < 4.78 is 44.0. The number of carbonyl (C=O) groups is 1. The summed E-state index contributed by atoms with van der Waals surface area (Å²) in [6.07, 6.45) is 3.83. The molecule has 0 spiro atoms. The van der Waals surface area contributed by atoms with Gasteiger partial charge in [-0.2, -0.15) is 9.40 Å². The number of aryl methyl sites for hydroxylation is 4. The topological polar surface area (TPSA) is 84.3 Å². The number of hydrogen-bond acceptors (Lipinski definition) is 4. The van der Waals surface area contributed by atoms with E-state index in [9.17, 15) is 17.6 Å². The molecule has 1 aliphatic heterocycles. The van der Waals surface area contributed by atoms with Crippen LogP contribution in [-0.4, -0.2) is 41.5 Å². The van der Waals surface area contributed by atoms with E-state index in [1.54, 1.807) is 24.3 Å². The van der Waals surface area contributed by atoms with Gasteiger partial charge >= 0.3 is 0 Å². The van der Waals surface area contributed by atoms with E-state index in [4.69, 9.17) is 0 Å². The molecular formula is C26H29FN4O3S. The maximum atomic E-state index is 14.8. The van der Waals surface area contributed by atoms with Crippen LogP contribution in [0, 0.1) is 25.6 Å². The van der Waals surface area contributed by atoms with Crippen molar-refractivity contribution in [2.45, 2.75) is 50.8 Å². The number of rotatable bonds is 5. The average molecular weight is 497 g/mol. The monoisotopic (exact) mass is 496 g/mol. The Hall–Kier alpha value is -3.04. The summed E-state index contributed by atoms with van der Waals surface area (Å²) in [6, 6.07) is 11.8. The number of anilines is 1.